The number of ether oxygens (including phenoxy) is 1. The zero-order valence-electron chi connectivity index (χ0n) is 13.3. The summed E-state index contributed by atoms with van der Waals surface area (Å²) in [6.45, 7) is 1.67. The predicted molar refractivity (Wildman–Crippen MR) is 79.6 cm³/mol. The van der Waals surface area contributed by atoms with Crippen molar-refractivity contribution in [2.75, 3.05) is 13.7 Å². The molecule has 1 atom stereocenters. The van der Waals surface area contributed by atoms with Gasteiger partial charge in [-0.1, -0.05) is 0 Å². The van der Waals surface area contributed by atoms with Crippen molar-refractivity contribution in [1.82, 2.24) is 8.87 Å². The molecule has 2 aromatic rings. The highest BCUT2D eigenvalue weighted by atomic mass is 32.2. The lowest BCUT2D eigenvalue weighted by molar-refractivity contribution is 0.276. The summed E-state index contributed by atoms with van der Waals surface area (Å²) < 4.78 is 88.6. The molecule has 0 spiro atoms. The van der Waals surface area contributed by atoms with Crippen LogP contribution >= 0.6 is 0 Å². The Morgan fingerprint density at radius 2 is 1.68 bits per heavy atom. The minimum Gasteiger partial charge on any atom is -0.491 e. The Bertz CT molecular complexity index is 913. The van der Waals surface area contributed by atoms with Crippen LogP contribution in [0.1, 0.15) is 18.7 Å². The number of benzene rings is 1. The third kappa shape index (κ3) is 2.51. The predicted octanol–water partition coefficient (Wildman–Crippen LogP) is 2.82. The van der Waals surface area contributed by atoms with Gasteiger partial charge in [0.25, 0.3) is 0 Å². The molecule has 0 bridgehead atoms. The van der Waals surface area contributed by atoms with Crippen LogP contribution < -0.4 is 4.74 Å². The van der Waals surface area contributed by atoms with E-state index < -0.39 is 50.0 Å². The van der Waals surface area contributed by atoms with E-state index in [0.29, 0.717) is 5.69 Å². The standard InChI is InChI=1S/C15H14F4N2O3S/c1-8-9-4-3-5-20(9)6-7-21(8)25(22,23)15-12(18)10(16)14(24-2)11(17)13(15)19/h3-5,8H,6-7H2,1-2H3. The molecule has 1 aromatic heterocycles. The first-order valence-corrected chi connectivity index (χ1v) is 8.72. The van der Waals surface area contributed by atoms with Crippen molar-refractivity contribution in [3.05, 3.63) is 47.3 Å². The molecule has 0 radical (unpaired) electrons. The number of nitrogens with zero attached hydrogens (tertiary/aromatic N) is 2. The van der Waals surface area contributed by atoms with Gasteiger partial charge < -0.3 is 9.30 Å². The summed E-state index contributed by atoms with van der Waals surface area (Å²) in [6.07, 6.45) is 1.74. The van der Waals surface area contributed by atoms with Crippen LogP contribution in [-0.2, 0) is 16.6 Å². The third-order valence-corrected chi connectivity index (χ3v) is 6.23. The average Bonchev–Trinajstić information content (AvgIpc) is 3.03. The molecule has 10 heteroatoms. The first-order valence-electron chi connectivity index (χ1n) is 7.28. The van der Waals surface area contributed by atoms with Gasteiger partial charge in [-0.3, -0.25) is 0 Å². The van der Waals surface area contributed by atoms with E-state index in [-0.39, 0.29) is 13.1 Å². The molecule has 0 saturated heterocycles. The molecular formula is C15H14F4N2O3S. The lowest BCUT2D eigenvalue weighted by Gasteiger charge is -2.34. The van der Waals surface area contributed by atoms with Gasteiger partial charge >= 0.3 is 0 Å². The lowest BCUT2D eigenvalue weighted by atomic mass is 10.2. The van der Waals surface area contributed by atoms with E-state index in [4.69, 9.17) is 0 Å². The number of hydrogen-bond donors (Lipinski definition) is 0. The van der Waals surface area contributed by atoms with Crippen molar-refractivity contribution in [1.29, 1.82) is 0 Å². The van der Waals surface area contributed by atoms with Crippen LogP contribution in [0.15, 0.2) is 23.2 Å². The summed E-state index contributed by atoms with van der Waals surface area (Å²) in [7, 11) is -4.01. The fraction of sp³-hybridized carbons (Fsp3) is 0.333. The van der Waals surface area contributed by atoms with E-state index in [1.54, 1.807) is 22.9 Å². The molecule has 3 rings (SSSR count). The Kier molecular flexibility index (Phi) is 4.28. The van der Waals surface area contributed by atoms with Crippen molar-refractivity contribution in [3.63, 3.8) is 0 Å². The van der Waals surface area contributed by atoms with Crippen LogP contribution in [0.4, 0.5) is 17.6 Å². The molecule has 5 nitrogen and oxygen atoms in total. The number of rotatable bonds is 3. The van der Waals surface area contributed by atoms with Crippen molar-refractivity contribution < 1.29 is 30.7 Å². The Hall–Kier alpha value is -2.07. The van der Waals surface area contributed by atoms with Crippen LogP contribution in [-0.4, -0.2) is 30.9 Å². The van der Waals surface area contributed by atoms with Gasteiger partial charge in [0.2, 0.25) is 21.7 Å². The van der Waals surface area contributed by atoms with Gasteiger partial charge in [-0.05, 0) is 19.1 Å². The second-order valence-corrected chi connectivity index (χ2v) is 7.36. The summed E-state index contributed by atoms with van der Waals surface area (Å²) in [4.78, 5) is -1.66. The van der Waals surface area contributed by atoms with Crippen molar-refractivity contribution in [2.45, 2.75) is 24.4 Å². The maximum atomic E-state index is 14.2. The number of hydrogen-bond acceptors (Lipinski definition) is 3. The molecule has 1 aromatic carbocycles. The minimum absolute atomic E-state index is 0.0979. The molecule has 136 valence electrons. The summed E-state index contributed by atoms with van der Waals surface area (Å²) in [5.41, 5.74) is 0.602. The number of methoxy groups -OCH3 is 1. The van der Waals surface area contributed by atoms with Gasteiger partial charge in [0, 0.05) is 25.0 Å². The molecular weight excluding hydrogens is 364 g/mol. The maximum Gasteiger partial charge on any atom is 0.249 e. The van der Waals surface area contributed by atoms with E-state index in [9.17, 15) is 26.0 Å². The second-order valence-electron chi connectivity index (χ2n) is 5.54. The monoisotopic (exact) mass is 378 g/mol. The number of sulfonamides is 1. The molecule has 1 unspecified atom stereocenters. The first-order chi connectivity index (χ1) is 11.7. The Morgan fingerprint density at radius 1 is 1.08 bits per heavy atom. The summed E-state index contributed by atoms with van der Waals surface area (Å²) in [6, 6.07) is 2.60. The molecule has 1 aliphatic rings. The third-order valence-electron chi connectivity index (χ3n) is 4.24. The fourth-order valence-corrected chi connectivity index (χ4v) is 4.71. The molecule has 0 aliphatic carbocycles. The Labute approximate surface area is 141 Å². The van der Waals surface area contributed by atoms with Crippen LogP contribution in [0, 0.1) is 23.3 Å². The van der Waals surface area contributed by atoms with Crippen LogP contribution in [0.3, 0.4) is 0 Å². The van der Waals surface area contributed by atoms with E-state index in [1.807, 2.05) is 0 Å². The van der Waals surface area contributed by atoms with E-state index in [1.165, 1.54) is 6.92 Å². The van der Waals surface area contributed by atoms with Gasteiger partial charge in [-0.2, -0.15) is 13.1 Å². The molecule has 1 aliphatic heterocycles. The number of aromatic nitrogens is 1. The topological polar surface area (TPSA) is 51.5 Å². The second kappa shape index (κ2) is 6.03. The largest absolute Gasteiger partial charge is 0.491 e. The maximum absolute atomic E-state index is 14.2. The molecule has 0 N–H and O–H groups in total. The van der Waals surface area contributed by atoms with Crippen molar-refractivity contribution >= 4 is 10.0 Å². The fourth-order valence-electron chi connectivity index (χ4n) is 3.00. The van der Waals surface area contributed by atoms with Crippen molar-refractivity contribution in [3.8, 4) is 5.75 Å². The molecule has 0 fully saturated rings. The number of halogens is 4. The zero-order chi connectivity index (χ0) is 18.5. The van der Waals surface area contributed by atoms with Gasteiger partial charge in [-0.25, -0.2) is 17.2 Å². The van der Waals surface area contributed by atoms with Crippen molar-refractivity contribution in [2.24, 2.45) is 0 Å². The quantitative estimate of drug-likeness (QED) is 0.610. The van der Waals surface area contributed by atoms with E-state index in [2.05, 4.69) is 4.74 Å². The minimum atomic E-state index is -4.83. The average molecular weight is 378 g/mol. The van der Waals surface area contributed by atoms with Gasteiger partial charge in [-0.15, -0.1) is 0 Å². The first kappa shape index (κ1) is 17.7. The summed E-state index contributed by atoms with van der Waals surface area (Å²) in [5.74, 6) is -9.12. The van der Waals surface area contributed by atoms with E-state index in [0.717, 1.165) is 11.4 Å². The molecule has 2 heterocycles. The smallest absolute Gasteiger partial charge is 0.249 e. The van der Waals surface area contributed by atoms with Crippen LogP contribution in [0.5, 0.6) is 5.75 Å². The van der Waals surface area contributed by atoms with Gasteiger partial charge in [0.05, 0.1) is 13.2 Å². The van der Waals surface area contributed by atoms with Crippen LogP contribution in [0.2, 0.25) is 0 Å². The van der Waals surface area contributed by atoms with Gasteiger partial charge in [0.15, 0.2) is 22.3 Å². The summed E-state index contributed by atoms with van der Waals surface area (Å²) >= 11 is 0. The molecule has 0 amide bonds. The highest BCUT2D eigenvalue weighted by Crippen LogP contribution is 2.37. The molecule has 0 saturated carbocycles. The molecule has 25 heavy (non-hydrogen) atoms. The van der Waals surface area contributed by atoms with Crippen LogP contribution in [0.25, 0.3) is 0 Å². The summed E-state index contributed by atoms with van der Waals surface area (Å²) in [5, 5.41) is 0. The highest BCUT2D eigenvalue weighted by Gasteiger charge is 2.41. The Balaban J connectivity index is 2.17. The van der Waals surface area contributed by atoms with Gasteiger partial charge in [0.1, 0.15) is 0 Å². The SMILES string of the molecule is COc1c(F)c(F)c(S(=O)(=O)N2CCn3cccc3C2C)c(F)c1F. The highest BCUT2D eigenvalue weighted by molar-refractivity contribution is 7.89. The zero-order valence-corrected chi connectivity index (χ0v) is 14.1. The Morgan fingerprint density at radius 3 is 2.24 bits per heavy atom. The van der Waals surface area contributed by atoms with E-state index >= 15 is 0 Å². The number of fused-ring (bicyclic) bond motifs is 1. The lowest BCUT2D eigenvalue weighted by Crippen LogP contribution is -2.41. The normalized spacial score (nSPS) is 18.2.